The van der Waals surface area contributed by atoms with Gasteiger partial charge in [0.15, 0.2) is 0 Å². The fourth-order valence-corrected chi connectivity index (χ4v) is 11.2. The fraction of sp³-hybridized carbons (Fsp3) is 0.600. The maximum Gasteiger partial charge on any atom is 0.262 e. The van der Waals surface area contributed by atoms with Gasteiger partial charge in [0.2, 0.25) is 0 Å². The SMILES string of the molecule is C=S1(=O)NC(=O)c2ccc3c(c2)N(C[C@@H]2CC[C@H]2[C@@](CN2CC(CO)(CO)C2)(OC)/C=C/C[C@H](C)[C@H]1C)C[C@@]1(CCCc2cc(Cl)ccc21)CO3. The number of aliphatic hydroxyl groups excluding tert-OH is 2. The van der Waals surface area contributed by atoms with Crippen LogP contribution in [0, 0.1) is 23.2 Å². The molecule has 0 aromatic heterocycles. The van der Waals surface area contributed by atoms with E-state index >= 15 is 0 Å². The maximum absolute atomic E-state index is 14.0. The minimum absolute atomic E-state index is 0.0213. The number of nitrogens with zero attached hydrogens (tertiary/aromatic N) is 2. The minimum Gasteiger partial charge on any atom is -0.490 e. The quantitative estimate of drug-likeness (QED) is 0.295. The molecule has 2 aromatic carbocycles. The van der Waals surface area contributed by atoms with E-state index in [4.69, 9.17) is 21.1 Å². The summed E-state index contributed by atoms with van der Waals surface area (Å²) in [6, 6.07) is 11.8. The Morgan fingerprint density at radius 3 is 2.61 bits per heavy atom. The van der Waals surface area contributed by atoms with E-state index in [0.29, 0.717) is 44.1 Å². The van der Waals surface area contributed by atoms with E-state index in [1.54, 1.807) is 13.2 Å². The second-order valence-electron chi connectivity index (χ2n) is 16.3. The molecule has 11 heteroatoms. The third-order valence-corrected chi connectivity index (χ3v) is 15.4. The van der Waals surface area contributed by atoms with Crippen LogP contribution in [0.2, 0.25) is 5.02 Å². The first-order valence-electron chi connectivity index (χ1n) is 18.5. The molecule has 7 rings (SSSR count). The summed E-state index contributed by atoms with van der Waals surface area (Å²) in [5, 5.41) is 20.4. The molecule has 2 bridgehead atoms. The lowest BCUT2D eigenvalue weighted by Crippen LogP contribution is -2.65. The van der Waals surface area contributed by atoms with E-state index in [1.807, 2.05) is 32.0 Å². The van der Waals surface area contributed by atoms with Gasteiger partial charge in [0.1, 0.15) is 11.4 Å². The van der Waals surface area contributed by atoms with Gasteiger partial charge >= 0.3 is 0 Å². The summed E-state index contributed by atoms with van der Waals surface area (Å²) >= 11 is 6.49. The largest absolute Gasteiger partial charge is 0.490 e. The molecule has 2 aromatic rings. The van der Waals surface area contributed by atoms with Gasteiger partial charge < -0.3 is 24.6 Å². The van der Waals surface area contributed by atoms with E-state index in [2.05, 4.69) is 44.7 Å². The average Bonchev–Trinajstić information content (AvgIpc) is 3.23. The van der Waals surface area contributed by atoms with Crippen molar-refractivity contribution in [2.75, 3.05) is 64.6 Å². The summed E-state index contributed by atoms with van der Waals surface area (Å²) in [5.41, 5.74) is 2.51. The van der Waals surface area contributed by atoms with Crippen LogP contribution < -0.4 is 14.4 Å². The molecule has 2 aliphatic carbocycles. The van der Waals surface area contributed by atoms with Crippen molar-refractivity contribution in [3.05, 3.63) is 70.3 Å². The van der Waals surface area contributed by atoms with Crippen LogP contribution in [0.3, 0.4) is 0 Å². The second kappa shape index (κ2) is 14.0. The molecule has 51 heavy (non-hydrogen) atoms. The highest BCUT2D eigenvalue weighted by Crippen LogP contribution is 2.50. The lowest BCUT2D eigenvalue weighted by molar-refractivity contribution is -0.137. The van der Waals surface area contributed by atoms with Crippen LogP contribution in [0.5, 0.6) is 5.75 Å². The number of rotatable bonds is 5. The summed E-state index contributed by atoms with van der Waals surface area (Å²) in [5.74, 6) is 4.86. The highest BCUT2D eigenvalue weighted by atomic mass is 35.5. The van der Waals surface area contributed by atoms with Crippen LogP contribution in [0.15, 0.2) is 48.6 Å². The number of carbonyl (C=O) groups excluding carboxylic acids is 1. The lowest BCUT2D eigenvalue weighted by atomic mass is 9.63. The monoisotopic (exact) mass is 739 g/mol. The number of likely N-dealkylation sites (tertiary alicyclic amines) is 1. The normalized spacial score (nSPS) is 35.6. The van der Waals surface area contributed by atoms with E-state index < -0.39 is 26.6 Å². The Morgan fingerprint density at radius 2 is 1.90 bits per heavy atom. The van der Waals surface area contributed by atoms with E-state index in [9.17, 15) is 19.2 Å². The third-order valence-electron chi connectivity index (χ3n) is 13.0. The molecule has 278 valence electrons. The number of fused-ring (bicyclic) bond motifs is 4. The Labute approximate surface area is 308 Å². The van der Waals surface area contributed by atoms with Crippen LogP contribution in [0.1, 0.15) is 67.4 Å². The Hall–Kier alpha value is -2.60. The van der Waals surface area contributed by atoms with Gasteiger partial charge in [-0.05, 0) is 111 Å². The Morgan fingerprint density at radius 1 is 1.12 bits per heavy atom. The summed E-state index contributed by atoms with van der Waals surface area (Å²) < 4.78 is 30.1. The highest BCUT2D eigenvalue weighted by molar-refractivity contribution is 7.99. The first-order chi connectivity index (χ1) is 24.4. The molecule has 7 atom stereocenters. The van der Waals surface area contributed by atoms with Crippen LogP contribution >= 0.6 is 11.6 Å². The number of benzene rings is 2. The number of carbonyl (C=O) groups is 1. The van der Waals surface area contributed by atoms with Gasteiger partial charge in [-0.1, -0.05) is 36.7 Å². The molecule has 1 saturated heterocycles. The van der Waals surface area contributed by atoms with Crippen molar-refractivity contribution in [2.45, 2.75) is 68.6 Å². The fourth-order valence-electron chi connectivity index (χ4n) is 9.52. The first-order valence-corrected chi connectivity index (χ1v) is 20.7. The molecule has 3 heterocycles. The Kier molecular flexibility index (Phi) is 10.1. The molecule has 9 nitrogen and oxygen atoms in total. The topological polar surface area (TPSA) is 112 Å². The van der Waals surface area contributed by atoms with Crippen LogP contribution in [0.4, 0.5) is 5.69 Å². The van der Waals surface area contributed by atoms with Crippen molar-refractivity contribution in [3.63, 3.8) is 0 Å². The summed E-state index contributed by atoms with van der Waals surface area (Å²) in [4.78, 5) is 18.5. The number of hydrogen-bond acceptors (Lipinski definition) is 8. The Balaban J connectivity index is 1.30. The predicted molar refractivity (Wildman–Crippen MR) is 204 cm³/mol. The molecule has 3 aliphatic heterocycles. The number of nitrogens with one attached hydrogen (secondary N) is 1. The van der Waals surface area contributed by atoms with Crippen molar-refractivity contribution in [1.29, 1.82) is 0 Å². The van der Waals surface area contributed by atoms with Crippen molar-refractivity contribution in [2.24, 2.45) is 23.2 Å². The second-order valence-corrected chi connectivity index (χ2v) is 19.2. The number of allylic oxidation sites excluding steroid dienone is 1. The van der Waals surface area contributed by atoms with Crippen LogP contribution in [-0.4, -0.2) is 102 Å². The molecule has 1 amide bonds. The summed E-state index contributed by atoms with van der Waals surface area (Å²) in [6.45, 7) is 7.72. The smallest absolute Gasteiger partial charge is 0.262 e. The van der Waals surface area contributed by atoms with Gasteiger partial charge in [-0.2, -0.15) is 0 Å². The van der Waals surface area contributed by atoms with E-state index in [1.165, 1.54) is 11.1 Å². The summed E-state index contributed by atoms with van der Waals surface area (Å²) in [6.07, 6.45) is 10.1. The number of ether oxygens (including phenoxy) is 2. The average molecular weight is 740 g/mol. The van der Waals surface area contributed by atoms with E-state index in [-0.39, 0.29) is 35.7 Å². The number of aliphatic hydroxyl groups is 2. The molecule has 1 saturated carbocycles. The number of amides is 1. The van der Waals surface area contributed by atoms with Gasteiger partial charge in [-0.3, -0.25) is 14.4 Å². The summed E-state index contributed by atoms with van der Waals surface area (Å²) in [7, 11) is -1.19. The number of methoxy groups -OCH3 is 1. The van der Waals surface area contributed by atoms with Crippen molar-refractivity contribution >= 4 is 38.8 Å². The molecule has 1 unspecified atom stereocenters. The van der Waals surface area contributed by atoms with Gasteiger partial charge in [0.05, 0.1) is 35.2 Å². The molecule has 0 radical (unpaired) electrons. The zero-order chi connectivity index (χ0) is 36.2. The zero-order valence-corrected chi connectivity index (χ0v) is 31.8. The van der Waals surface area contributed by atoms with Crippen LogP contribution in [0.25, 0.3) is 0 Å². The molecular weight excluding hydrogens is 686 g/mol. The van der Waals surface area contributed by atoms with Gasteiger partial charge in [0.25, 0.3) is 5.91 Å². The number of anilines is 1. The Bertz CT molecular complexity index is 1770. The number of halogens is 1. The van der Waals surface area contributed by atoms with Gasteiger partial charge in [-0.15, -0.1) is 0 Å². The molecule has 5 aliphatic rings. The van der Waals surface area contributed by atoms with Crippen molar-refractivity contribution in [1.82, 2.24) is 9.62 Å². The maximum atomic E-state index is 14.0. The molecule has 1 spiro atoms. The molecule has 3 N–H and O–H groups in total. The minimum atomic E-state index is -2.99. The molecule has 2 fully saturated rings. The zero-order valence-electron chi connectivity index (χ0n) is 30.2. The van der Waals surface area contributed by atoms with Gasteiger partial charge in [-0.25, -0.2) is 4.21 Å². The number of aryl methyl sites for hydroxylation is 1. The number of hydrogen-bond donors (Lipinski definition) is 3. The first kappa shape index (κ1) is 36.7. The standard InChI is InChI=1S/C40H54ClN3O6S/c1-27-7-5-16-40(49-3,23-43-20-38(21-43,24-45)25-46)34-12-9-31(34)19-44-22-39(15-6-8-29-17-32(41)11-13-33(29)39)26-50-36-14-10-30(18-35(36)44)37(47)42-51(4,48)28(27)2/h5,10-11,13-14,16-18,27-28,31,34,45-46H,4,6-9,12,15,19-26H2,1-3H3,(H,42,47,48)/b16-5+/t27-,28+,31-,34+,39-,40+,51?/m0/s1. The van der Waals surface area contributed by atoms with Crippen LogP contribution in [-0.2, 0) is 26.3 Å². The van der Waals surface area contributed by atoms with Crippen molar-refractivity contribution < 1.29 is 28.7 Å². The lowest BCUT2D eigenvalue weighted by Gasteiger charge is -2.55. The highest BCUT2D eigenvalue weighted by Gasteiger charge is 2.52. The van der Waals surface area contributed by atoms with E-state index in [0.717, 1.165) is 61.7 Å². The van der Waals surface area contributed by atoms with Crippen molar-refractivity contribution in [3.8, 4) is 5.75 Å². The molecular formula is C40H54ClN3O6S. The van der Waals surface area contributed by atoms with Gasteiger partial charge in [0, 0.05) is 66.5 Å². The third kappa shape index (κ3) is 6.74. The predicted octanol–water partition coefficient (Wildman–Crippen LogP) is 4.86.